The third kappa shape index (κ3) is 2.66. The van der Waals surface area contributed by atoms with Crippen LogP contribution in [0.2, 0.25) is 0 Å². The average molecular weight is 256 g/mol. The van der Waals surface area contributed by atoms with Gasteiger partial charge in [0.15, 0.2) is 0 Å². The highest BCUT2D eigenvalue weighted by atomic mass is 19.1. The molecule has 19 heavy (non-hydrogen) atoms. The first-order chi connectivity index (χ1) is 9.22. The third-order valence-electron chi connectivity index (χ3n) is 3.71. The van der Waals surface area contributed by atoms with Crippen LogP contribution in [0.25, 0.3) is 0 Å². The molecule has 0 fully saturated rings. The topological polar surface area (TPSA) is 24.9 Å². The predicted octanol–water partition coefficient (Wildman–Crippen LogP) is 3.31. The summed E-state index contributed by atoms with van der Waals surface area (Å²) in [4.78, 5) is 4.29. The van der Waals surface area contributed by atoms with Crippen molar-refractivity contribution in [1.82, 2.24) is 10.3 Å². The van der Waals surface area contributed by atoms with Crippen LogP contribution in [0.1, 0.15) is 34.8 Å². The number of nitrogens with one attached hydrogen (secondary N) is 1. The molecule has 0 amide bonds. The van der Waals surface area contributed by atoms with Gasteiger partial charge in [-0.25, -0.2) is 4.39 Å². The number of nitrogens with zero attached hydrogens (tertiary/aromatic N) is 1. The van der Waals surface area contributed by atoms with E-state index in [2.05, 4.69) is 16.4 Å². The van der Waals surface area contributed by atoms with E-state index >= 15 is 0 Å². The van der Waals surface area contributed by atoms with Crippen LogP contribution in [0.15, 0.2) is 36.5 Å². The van der Waals surface area contributed by atoms with Gasteiger partial charge in [-0.15, -0.1) is 0 Å². The Morgan fingerprint density at radius 1 is 1.32 bits per heavy atom. The van der Waals surface area contributed by atoms with Crippen molar-refractivity contribution in [1.29, 1.82) is 0 Å². The quantitative estimate of drug-likeness (QED) is 0.911. The van der Waals surface area contributed by atoms with Gasteiger partial charge in [0.05, 0.1) is 0 Å². The Hall–Kier alpha value is -1.74. The summed E-state index contributed by atoms with van der Waals surface area (Å²) in [6.07, 6.45) is 3.90. The summed E-state index contributed by atoms with van der Waals surface area (Å²) in [7, 11) is 0. The second kappa shape index (κ2) is 5.10. The van der Waals surface area contributed by atoms with Crippen molar-refractivity contribution in [2.75, 3.05) is 0 Å². The number of hydrogen-bond donors (Lipinski definition) is 1. The first kappa shape index (κ1) is 12.3. The summed E-state index contributed by atoms with van der Waals surface area (Å²) in [6.45, 7) is 2.79. The van der Waals surface area contributed by atoms with Gasteiger partial charge in [-0.1, -0.05) is 12.1 Å². The maximum atomic E-state index is 13.1. The Bertz CT molecular complexity index is 578. The molecular formula is C16H17FN2. The van der Waals surface area contributed by atoms with E-state index in [9.17, 15) is 4.39 Å². The van der Waals surface area contributed by atoms with Gasteiger partial charge in [0.25, 0.3) is 0 Å². The van der Waals surface area contributed by atoms with Gasteiger partial charge in [-0.2, -0.15) is 0 Å². The van der Waals surface area contributed by atoms with Crippen LogP contribution in [0.3, 0.4) is 0 Å². The van der Waals surface area contributed by atoms with Crippen molar-refractivity contribution in [3.8, 4) is 0 Å². The van der Waals surface area contributed by atoms with E-state index in [-0.39, 0.29) is 5.82 Å². The molecule has 0 bridgehead atoms. The SMILES string of the molecule is Cc1ccc(CNC2CCc3cc(F)ccc32)cn1. The molecule has 0 radical (unpaired) electrons. The molecule has 2 aromatic rings. The Kier molecular flexibility index (Phi) is 3.30. The molecule has 1 unspecified atom stereocenters. The van der Waals surface area contributed by atoms with E-state index < -0.39 is 0 Å². The van der Waals surface area contributed by atoms with E-state index in [0.717, 1.165) is 30.6 Å². The van der Waals surface area contributed by atoms with Crippen LogP contribution < -0.4 is 5.32 Å². The fourth-order valence-electron chi connectivity index (χ4n) is 2.64. The lowest BCUT2D eigenvalue weighted by atomic mass is 10.1. The van der Waals surface area contributed by atoms with Crippen LogP contribution in [0, 0.1) is 12.7 Å². The molecule has 1 atom stereocenters. The molecule has 1 aromatic heterocycles. The number of aryl methyl sites for hydroxylation is 2. The van der Waals surface area contributed by atoms with E-state index in [0.29, 0.717) is 6.04 Å². The molecule has 2 nitrogen and oxygen atoms in total. The number of rotatable bonds is 3. The zero-order chi connectivity index (χ0) is 13.2. The second-order valence-corrected chi connectivity index (χ2v) is 5.12. The molecule has 0 aliphatic heterocycles. The van der Waals surface area contributed by atoms with Crippen LogP contribution >= 0.6 is 0 Å². The van der Waals surface area contributed by atoms with Gasteiger partial charge >= 0.3 is 0 Å². The highest BCUT2D eigenvalue weighted by Gasteiger charge is 2.22. The van der Waals surface area contributed by atoms with E-state index in [1.54, 1.807) is 12.1 Å². The highest BCUT2D eigenvalue weighted by molar-refractivity contribution is 5.35. The summed E-state index contributed by atoms with van der Waals surface area (Å²) in [6, 6.07) is 9.56. The van der Waals surface area contributed by atoms with E-state index in [1.165, 1.54) is 11.1 Å². The minimum atomic E-state index is -0.137. The molecule has 3 heteroatoms. The predicted molar refractivity (Wildman–Crippen MR) is 73.3 cm³/mol. The Morgan fingerprint density at radius 2 is 2.21 bits per heavy atom. The molecule has 0 saturated carbocycles. The fourth-order valence-corrected chi connectivity index (χ4v) is 2.64. The lowest BCUT2D eigenvalue weighted by Gasteiger charge is -2.14. The molecule has 3 rings (SSSR count). The summed E-state index contributed by atoms with van der Waals surface area (Å²) in [5.74, 6) is -0.137. The maximum absolute atomic E-state index is 13.1. The van der Waals surface area contributed by atoms with Crippen molar-refractivity contribution in [2.24, 2.45) is 0 Å². The van der Waals surface area contributed by atoms with Crippen LogP contribution in [0.4, 0.5) is 4.39 Å². The van der Waals surface area contributed by atoms with Gasteiger partial charge in [-0.3, -0.25) is 4.98 Å². The second-order valence-electron chi connectivity index (χ2n) is 5.12. The molecule has 1 heterocycles. The van der Waals surface area contributed by atoms with Crippen molar-refractivity contribution in [3.63, 3.8) is 0 Å². The lowest BCUT2D eigenvalue weighted by Crippen LogP contribution is -2.18. The Balaban J connectivity index is 1.68. The first-order valence-electron chi connectivity index (χ1n) is 6.65. The summed E-state index contributed by atoms with van der Waals surface area (Å²) >= 11 is 0. The van der Waals surface area contributed by atoms with Gasteiger partial charge in [0.1, 0.15) is 5.82 Å². The number of halogens is 1. The molecule has 98 valence electrons. The van der Waals surface area contributed by atoms with Crippen molar-refractivity contribution < 1.29 is 4.39 Å². The van der Waals surface area contributed by atoms with Crippen molar-refractivity contribution in [3.05, 3.63) is 64.7 Å². The third-order valence-corrected chi connectivity index (χ3v) is 3.71. The Labute approximate surface area is 112 Å². The lowest BCUT2D eigenvalue weighted by molar-refractivity contribution is 0.529. The Morgan fingerprint density at radius 3 is 3.00 bits per heavy atom. The molecular weight excluding hydrogens is 239 g/mol. The minimum absolute atomic E-state index is 0.137. The van der Waals surface area contributed by atoms with Gasteiger partial charge < -0.3 is 5.32 Å². The van der Waals surface area contributed by atoms with Crippen LogP contribution in [0.5, 0.6) is 0 Å². The molecule has 1 aliphatic carbocycles. The minimum Gasteiger partial charge on any atom is -0.306 e. The maximum Gasteiger partial charge on any atom is 0.123 e. The summed E-state index contributed by atoms with van der Waals surface area (Å²) < 4.78 is 13.1. The number of fused-ring (bicyclic) bond motifs is 1. The van der Waals surface area contributed by atoms with E-state index in [4.69, 9.17) is 0 Å². The molecule has 1 aromatic carbocycles. The monoisotopic (exact) mass is 256 g/mol. The summed E-state index contributed by atoms with van der Waals surface area (Å²) in [5.41, 5.74) is 4.59. The number of benzene rings is 1. The molecule has 0 saturated heterocycles. The molecule has 1 aliphatic rings. The van der Waals surface area contributed by atoms with Gasteiger partial charge in [0, 0.05) is 24.5 Å². The average Bonchev–Trinajstić information content (AvgIpc) is 2.80. The fraction of sp³-hybridized carbons (Fsp3) is 0.312. The molecule has 0 spiro atoms. The van der Waals surface area contributed by atoms with Crippen molar-refractivity contribution >= 4 is 0 Å². The highest BCUT2D eigenvalue weighted by Crippen LogP contribution is 2.31. The number of aromatic nitrogens is 1. The zero-order valence-electron chi connectivity index (χ0n) is 11.0. The summed E-state index contributed by atoms with van der Waals surface area (Å²) in [5, 5.41) is 3.53. The molecule has 1 N–H and O–H groups in total. The van der Waals surface area contributed by atoms with E-state index in [1.807, 2.05) is 25.3 Å². The van der Waals surface area contributed by atoms with Gasteiger partial charge in [-0.05, 0) is 54.7 Å². The van der Waals surface area contributed by atoms with Gasteiger partial charge in [0.2, 0.25) is 0 Å². The first-order valence-corrected chi connectivity index (χ1v) is 6.65. The van der Waals surface area contributed by atoms with Crippen LogP contribution in [-0.2, 0) is 13.0 Å². The zero-order valence-corrected chi connectivity index (χ0v) is 11.0. The number of hydrogen-bond acceptors (Lipinski definition) is 2. The smallest absolute Gasteiger partial charge is 0.123 e. The van der Waals surface area contributed by atoms with Crippen LogP contribution in [-0.4, -0.2) is 4.98 Å². The largest absolute Gasteiger partial charge is 0.306 e. The van der Waals surface area contributed by atoms with Crippen molar-refractivity contribution in [2.45, 2.75) is 32.4 Å². The standard InChI is InChI=1S/C16H17FN2/c1-11-2-3-12(9-18-11)10-19-16-7-4-13-8-14(17)5-6-15(13)16/h2-3,5-6,8-9,16,19H,4,7,10H2,1H3. The normalized spacial score (nSPS) is 17.5. The number of pyridine rings is 1.